The molecular formula is C26H27FN4O3. The first kappa shape index (κ1) is 23.4. The Balaban J connectivity index is 1.50. The number of carbonyl (C=O) groups excluding carboxylic acids is 2. The number of halogens is 1. The number of amides is 2. The van der Waals surface area contributed by atoms with Gasteiger partial charge in [0.2, 0.25) is 0 Å². The van der Waals surface area contributed by atoms with Crippen LogP contribution in [0.2, 0.25) is 0 Å². The third-order valence-electron chi connectivity index (χ3n) is 6.03. The van der Waals surface area contributed by atoms with Gasteiger partial charge >= 0.3 is 0 Å². The minimum absolute atomic E-state index is 0.000425. The maximum Gasteiger partial charge on any atom is 0.274 e. The smallest absolute Gasteiger partial charge is 0.274 e. The van der Waals surface area contributed by atoms with Crippen molar-refractivity contribution in [3.63, 3.8) is 0 Å². The highest BCUT2D eigenvalue weighted by Gasteiger charge is 2.31. The van der Waals surface area contributed by atoms with E-state index in [1.165, 1.54) is 36.4 Å². The molecule has 2 heterocycles. The van der Waals surface area contributed by atoms with Crippen molar-refractivity contribution in [1.82, 2.24) is 19.6 Å². The molecule has 1 fully saturated rings. The first-order chi connectivity index (χ1) is 16.5. The molecule has 0 radical (unpaired) electrons. The molecule has 0 bridgehead atoms. The van der Waals surface area contributed by atoms with Crippen molar-refractivity contribution in [2.45, 2.75) is 32.2 Å². The van der Waals surface area contributed by atoms with Gasteiger partial charge in [-0.15, -0.1) is 0 Å². The zero-order chi connectivity index (χ0) is 24.1. The Morgan fingerprint density at radius 3 is 2.32 bits per heavy atom. The van der Waals surface area contributed by atoms with Gasteiger partial charge in [-0.05, 0) is 61.7 Å². The van der Waals surface area contributed by atoms with Gasteiger partial charge in [-0.3, -0.25) is 14.4 Å². The largest absolute Gasteiger partial charge is 0.338 e. The van der Waals surface area contributed by atoms with Crippen LogP contribution in [0.1, 0.15) is 47.0 Å². The Labute approximate surface area is 197 Å². The van der Waals surface area contributed by atoms with Crippen LogP contribution in [0.5, 0.6) is 0 Å². The van der Waals surface area contributed by atoms with E-state index in [-0.39, 0.29) is 23.6 Å². The fraction of sp³-hybridized carbons (Fsp3) is 0.308. The van der Waals surface area contributed by atoms with E-state index in [1.807, 2.05) is 42.2 Å². The lowest BCUT2D eigenvalue weighted by molar-refractivity contribution is 0.0514. The van der Waals surface area contributed by atoms with Crippen LogP contribution in [-0.2, 0) is 0 Å². The fourth-order valence-electron chi connectivity index (χ4n) is 4.27. The first-order valence-electron chi connectivity index (χ1n) is 11.5. The standard InChI is InChI=1S/C26H27FN4O3/c1-2-16-30(21-14-17-29(18-15-21)25(33)19-6-4-3-5-7-19)26(34)23-12-13-24(32)31(28-23)22-10-8-20(27)9-11-22/h3-13,21H,2,14-18H2,1H3. The van der Waals surface area contributed by atoms with Crippen LogP contribution in [0.3, 0.4) is 0 Å². The summed E-state index contributed by atoms with van der Waals surface area (Å²) in [5, 5.41) is 4.28. The minimum Gasteiger partial charge on any atom is -0.338 e. The van der Waals surface area contributed by atoms with Crippen LogP contribution in [0.4, 0.5) is 4.39 Å². The van der Waals surface area contributed by atoms with Crippen LogP contribution in [0.15, 0.2) is 71.5 Å². The van der Waals surface area contributed by atoms with Gasteiger partial charge in [0.05, 0.1) is 5.69 Å². The number of nitrogens with zero attached hydrogens (tertiary/aromatic N) is 4. The number of benzene rings is 2. The lowest BCUT2D eigenvalue weighted by Gasteiger charge is -2.38. The van der Waals surface area contributed by atoms with E-state index in [2.05, 4.69) is 5.10 Å². The van der Waals surface area contributed by atoms with Crippen LogP contribution in [-0.4, -0.2) is 57.1 Å². The molecule has 0 N–H and O–H groups in total. The van der Waals surface area contributed by atoms with E-state index < -0.39 is 11.4 Å². The van der Waals surface area contributed by atoms with Gasteiger partial charge in [0.15, 0.2) is 0 Å². The Morgan fingerprint density at radius 1 is 1.00 bits per heavy atom. The maximum absolute atomic E-state index is 13.4. The van der Waals surface area contributed by atoms with E-state index >= 15 is 0 Å². The van der Waals surface area contributed by atoms with Gasteiger partial charge in [-0.2, -0.15) is 9.78 Å². The molecule has 7 nitrogen and oxygen atoms in total. The molecule has 1 aliphatic rings. The van der Waals surface area contributed by atoms with E-state index in [4.69, 9.17) is 0 Å². The highest BCUT2D eigenvalue weighted by molar-refractivity contribution is 5.94. The second kappa shape index (κ2) is 10.4. The molecule has 0 saturated carbocycles. The Hall–Kier alpha value is -3.81. The van der Waals surface area contributed by atoms with Crippen molar-refractivity contribution < 1.29 is 14.0 Å². The number of likely N-dealkylation sites (tertiary alicyclic amines) is 1. The number of rotatable bonds is 6. The molecule has 1 aromatic heterocycles. The molecule has 0 spiro atoms. The number of hydrogen-bond donors (Lipinski definition) is 0. The Kier molecular flexibility index (Phi) is 7.15. The molecule has 176 valence electrons. The number of hydrogen-bond acceptors (Lipinski definition) is 4. The molecule has 1 saturated heterocycles. The minimum atomic E-state index is -0.421. The van der Waals surface area contributed by atoms with E-state index in [9.17, 15) is 18.8 Å². The van der Waals surface area contributed by atoms with E-state index in [0.717, 1.165) is 11.1 Å². The number of piperidine rings is 1. The van der Waals surface area contributed by atoms with Crippen molar-refractivity contribution in [2.75, 3.05) is 19.6 Å². The normalized spacial score (nSPS) is 14.1. The summed E-state index contributed by atoms with van der Waals surface area (Å²) in [6.45, 7) is 3.68. The van der Waals surface area contributed by atoms with Gasteiger partial charge in [0.1, 0.15) is 11.5 Å². The highest BCUT2D eigenvalue weighted by Crippen LogP contribution is 2.21. The lowest BCUT2D eigenvalue weighted by atomic mass is 10.0. The first-order valence-corrected chi connectivity index (χ1v) is 11.5. The molecule has 3 aromatic rings. The zero-order valence-electron chi connectivity index (χ0n) is 19.1. The van der Waals surface area contributed by atoms with Crippen LogP contribution < -0.4 is 5.56 Å². The monoisotopic (exact) mass is 462 g/mol. The fourth-order valence-corrected chi connectivity index (χ4v) is 4.27. The SMILES string of the molecule is CCCN(C(=O)c1ccc(=O)n(-c2ccc(F)cc2)n1)C1CCN(C(=O)c2ccccc2)CC1. The third kappa shape index (κ3) is 5.06. The third-order valence-corrected chi connectivity index (χ3v) is 6.03. The Bertz CT molecular complexity index is 1200. The molecular weight excluding hydrogens is 435 g/mol. The van der Waals surface area contributed by atoms with Crippen molar-refractivity contribution in [3.05, 3.63) is 94.2 Å². The average molecular weight is 463 g/mol. The summed E-state index contributed by atoms with van der Waals surface area (Å²) >= 11 is 0. The van der Waals surface area contributed by atoms with Crippen LogP contribution in [0, 0.1) is 5.82 Å². The van der Waals surface area contributed by atoms with Gasteiger partial charge in [-0.1, -0.05) is 25.1 Å². The summed E-state index contributed by atoms with van der Waals surface area (Å²) in [4.78, 5) is 42.2. The molecule has 2 amide bonds. The molecule has 0 aliphatic carbocycles. The van der Waals surface area contributed by atoms with Crippen LogP contribution >= 0.6 is 0 Å². The Morgan fingerprint density at radius 2 is 1.68 bits per heavy atom. The quantitative estimate of drug-likeness (QED) is 0.562. The summed E-state index contributed by atoms with van der Waals surface area (Å²) in [6.07, 6.45) is 2.11. The topological polar surface area (TPSA) is 75.5 Å². The van der Waals surface area contributed by atoms with Gasteiger partial charge in [0.25, 0.3) is 17.4 Å². The van der Waals surface area contributed by atoms with Crippen molar-refractivity contribution in [3.8, 4) is 5.69 Å². The number of aromatic nitrogens is 2. The molecule has 34 heavy (non-hydrogen) atoms. The summed E-state index contributed by atoms with van der Waals surface area (Å²) < 4.78 is 14.4. The van der Waals surface area contributed by atoms with E-state index in [1.54, 1.807) is 4.90 Å². The van der Waals surface area contributed by atoms with Crippen molar-refractivity contribution in [1.29, 1.82) is 0 Å². The van der Waals surface area contributed by atoms with Gasteiger partial charge in [0, 0.05) is 37.3 Å². The summed E-state index contributed by atoms with van der Waals surface area (Å²) in [6, 6.07) is 17.3. The number of carbonyl (C=O) groups is 2. The van der Waals surface area contributed by atoms with Crippen molar-refractivity contribution in [2.24, 2.45) is 0 Å². The van der Waals surface area contributed by atoms with E-state index in [0.29, 0.717) is 43.7 Å². The molecule has 2 aromatic carbocycles. The highest BCUT2D eigenvalue weighted by atomic mass is 19.1. The van der Waals surface area contributed by atoms with Gasteiger partial charge < -0.3 is 9.80 Å². The molecule has 0 unspecified atom stereocenters. The maximum atomic E-state index is 13.4. The molecule has 0 atom stereocenters. The molecule has 1 aliphatic heterocycles. The average Bonchev–Trinajstić information content (AvgIpc) is 2.88. The second-order valence-electron chi connectivity index (χ2n) is 8.33. The second-order valence-corrected chi connectivity index (χ2v) is 8.33. The summed E-state index contributed by atoms with van der Waals surface area (Å²) in [5.41, 5.74) is 0.795. The van der Waals surface area contributed by atoms with Crippen molar-refractivity contribution >= 4 is 11.8 Å². The lowest BCUT2D eigenvalue weighted by Crippen LogP contribution is -2.49. The van der Waals surface area contributed by atoms with Crippen LogP contribution in [0.25, 0.3) is 5.69 Å². The van der Waals surface area contributed by atoms with Gasteiger partial charge in [-0.25, -0.2) is 4.39 Å². The summed E-state index contributed by atoms with van der Waals surface area (Å²) in [5.74, 6) is -0.679. The zero-order valence-corrected chi connectivity index (χ0v) is 19.1. The molecule has 8 heteroatoms. The molecule has 4 rings (SSSR count). The predicted octanol–water partition coefficient (Wildman–Crippen LogP) is 3.53. The predicted molar refractivity (Wildman–Crippen MR) is 126 cm³/mol. The summed E-state index contributed by atoms with van der Waals surface area (Å²) in [7, 11) is 0.